The summed E-state index contributed by atoms with van der Waals surface area (Å²) in [5, 5.41) is 3.71. The second kappa shape index (κ2) is 9.42. The Kier molecular flexibility index (Phi) is 7.48. The molecular formula is C23H31ClN2O2. The molecule has 0 radical (unpaired) electrons. The molecule has 0 aliphatic rings. The van der Waals surface area contributed by atoms with Gasteiger partial charge < -0.3 is 9.88 Å². The van der Waals surface area contributed by atoms with Crippen LogP contribution in [0.1, 0.15) is 72.0 Å². The lowest BCUT2D eigenvalue weighted by molar-refractivity contribution is 0.102. The summed E-state index contributed by atoms with van der Waals surface area (Å²) >= 11 is 6.23. The van der Waals surface area contributed by atoms with Crippen molar-refractivity contribution in [2.75, 3.05) is 5.32 Å². The number of benzene rings is 1. The predicted molar refractivity (Wildman–Crippen MR) is 118 cm³/mol. The van der Waals surface area contributed by atoms with Crippen molar-refractivity contribution in [1.82, 2.24) is 4.57 Å². The Hall–Kier alpha value is -2.07. The van der Waals surface area contributed by atoms with E-state index in [1.165, 1.54) is 0 Å². The maximum absolute atomic E-state index is 13.3. The summed E-state index contributed by atoms with van der Waals surface area (Å²) in [4.78, 5) is 26.3. The Balaban J connectivity index is 2.61. The molecule has 5 heteroatoms. The number of pyridine rings is 1. The molecule has 1 aromatic carbocycles. The van der Waals surface area contributed by atoms with E-state index in [1.807, 2.05) is 44.5 Å². The fourth-order valence-electron chi connectivity index (χ4n) is 3.60. The Labute approximate surface area is 172 Å². The van der Waals surface area contributed by atoms with Crippen molar-refractivity contribution in [3.63, 3.8) is 0 Å². The molecule has 2 aromatic rings. The molecule has 0 atom stereocenters. The highest BCUT2D eigenvalue weighted by Gasteiger charge is 2.23. The lowest BCUT2D eigenvalue weighted by Crippen LogP contribution is -2.30. The molecule has 0 spiro atoms. The van der Waals surface area contributed by atoms with Gasteiger partial charge in [0.15, 0.2) is 5.43 Å². The molecule has 1 amide bonds. The number of rotatable bonds is 7. The maximum Gasteiger partial charge on any atom is 0.261 e. The van der Waals surface area contributed by atoms with Crippen molar-refractivity contribution in [1.29, 1.82) is 0 Å². The van der Waals surface area contributed by atoms with Gasteiger partial charge in [-0.05, 0) is 62.8 Å². The zero-order chi connectivity index (χ0) is 21.0. The Morgan fingerprint density at radius 1 is 1.11 bits per heavy atom. The largest absolute Gasteiger partial charge is 0.351 e. The highest BCUT2D eigenvalue weighted by Crippen LogP contribution is 2.28. The van der Waals surface area contributed by atoms with E-state index < -0.39 is 0 Å². The van der Waals surface area contributed by atoms with Crippen molar-refractivity contribution >= 4 is 23.2 Å². The Bertz CT molecular complexity index is 920. The number of halogens is 1. The van der Waals surface area contributed by atoms with Crippen LogP contribution < -0.4 is 10.7 Å². The van der Waals surface area contributed by atoms with Gasteiger partial charge in [-0.3, -0.25) is 9.59 Å². The summed E-state index contributed by atoms with van der Waals surface area (Å²) in [6, 6.07) is 3.76. The van der Waals surface area contributed by atoms with E-state index in [2.05, 4.69) is 12.2 Å². The molecule has 0 bridgehead atoms. The lowest BCUT2D eigenvalue weighted by atomic mass is 10.00. The van der Waals surface area contributed by atoms with Crippen molar-refractivity contribution in [2.45, 2.75) is 66.7 Å². The Morgan fingerprint density at radius 2 is 1.68 bits per heavy atom. The van der Waals surface area contributed by atoms with Crippen LogP contribution in [0, 0.1) is 13.8 Å². The van der Waals surface area contributed by atoms with Crippen molar-refractivity contribution < 1.29 is 4.79 Å². The van der Waals surface area contributed by atoms with Crippen molar-refractivity contribution in [2.24, 2.45) is 7.05 Å². The molecule has 4 nitrogen and oxygen atoms in total. The summed E-state index contributed by atoms with van der Waals surface area (Å²) in [6.45, 7) is 9.88. The van der Waals surface area contributed by atoms with Crippen LogP contribution in [0.25, 0.3) is 0 Å². The van der Waals surface area contributed by atoms with Crippen molar-refractivity contribution in [3.8, 4) is 0 Å². The number of unbranched alkanes of at least 4 members (excludes halogenated alkanes) is 1. The first-order valence-electron chi connectivity index (χ1n) is 10.1. The Morgan fingerprint density at radius 3 is 2.18 bits per heavy atom. The number of carbonyl (C=O) groups is 1. The van der Waals surface area contributed by atoms with Gasteiger partial charge in [0.25, 0.3) is 5.91 Å². The quantitative estimate of drug-likeness (QED) is 0.676. The summed E-state index contributed by atoms with van der Waals surface area (Å²) in [5.74, 6) is -0.332. The minimum Gasteiger partial charge on any atom is -0.351 e. The summed E-state index contributed by atoms with van der Waals surface area (Å²) in [5.41, 5.74) is 5.15. The number of anilines is 1. The number of hydrogen-bond donors (Lipinski definition) is 1. The molecule has 1 aromatic heterocycles. The zero-order valence-electron chi connectivity index (χ0n) is 17.8. The monoisotopic (exact) mass is 402 g/mol. The first-order chi connectivity index (χ1) is 13.3. The fraction of sp³-hybridized carbons (Fsp3) is 0.478. The number of aryl methyl sites for hydroxylation is 2. The molecule has 0 saturated heterocycles. The minimum atomic E-state index is -0.332. The summed E-state index contributed by atoms with van der Waals surface area (Å²) < 4.78 is 1.99. The van der Waals surface area contributed by atoms with E-state index in [-0.39, 0.29) is 16.9 Å². The molecule has 0 aliphatic carbocycles. The van der Waals surface area contributed by atoms with Gasteiger partial charge in [-0.15, -0.1) is 0 Å². The number of nitrogens with zero attached hydrogens (tertiary/aromatic N) is 1. The number of nitrogens with one attached hydrogen (secondary N) is 1. The third-order valence-corrected chi connectivity index (χ3v) is 5.79. The SMILES string of the molecule is CCCCc1c(C(=O)Nc2c(CC)cc(Cl)cc2CC)c(=O)c(C)c(C)n1C. The fourth-order valence-corrected chi connectivity index (χ4v) is 3.86. The van der Waals surface area contributed by atoms with Gasteiger partial charge in [0.1, 0.15) is 5.56 Å². The molecule has 2 rings (SSSR count). The average Bonchev–Trinajstić information content (AvgIpc) is 2.68. The van der Waals surface area contributed by atoms with Gasteiger partial charge in [0.2, 0.25) is 0 Å². The van der Waals surface area contributed by atoms with Crippen LogP contribution in [0.5, 0.6) is 0 Å². The van der Waals surface area contributed by atoms with Gasteiger partial charge in [0, 0.05) is 34.7 Å². The van der Waals surface area contributed by atoms with E-state index >= 15 is 0 Å². The molecule has 0 aliphatic heterocycles. The van der Waals surface area contributed by atoms with Crippen LogP contribution in [0.4, 0.5) is 5.69 Å². The van der Waals surface area contributed by atoms with E-state index in [0.717, 1.165) is 53.9 Å². The van der Waals surface area contributed by atoms with E-state index in [4.69, 9.17) is 11.6 Å². The van der Waals surface area contributed by atoms with Gasteiger partial charge in [0.05, 0.1) is 0 Å². The molecule has 0 unspecified atom stereocenters. The van der Waals surface area contributed by atoms with Crippen LogP contribution in [0.2, 0.25) is 5.02 Å². The van der Waals surface area contributed by atoms with Crippen LogP contribution in [-0.4, -0.2) is 10.5 Å². The van der Waals surface area contributed by atoms with E-state index in [9.17, 15) is 9.59 Å². The van der Waals surface area contributed by atoms with E-state index in [0.29, 0.717) is 17.0 Å². The van der Waals surface area contributed by atoms with Gasteiger partial charge in [-0.1, -0.05) is 38.8 Å². The normalized spacial score (nSPS) is 11.0. The standard InChI is InChI=1S/C23H31ClN2O2/c1-7-10-11-19-20(22(27)14(4)15(5)26(19)6)23(28)25-21-16(8-2)12-18(24)13-17(21)9-3/h12-13H,7-11H2,1-6H3,(H,25,28). The smallest absolute Gasteiger partial charge is 0.261 e. The number of carbonyl (C=O) groups excluding carboxylic acids is 1. The average molecular weight is 403 g/mol. The first kappa shape index (κ1) is 22.2. The number of hydrogen-bond acceptors (Lipinski definition) is 2. The predicted octanol–water partition coefficient (Wildman–Crippen LogP) is 5.38. The molecule has 1 heterocycles. The topological polar surface area (TPSA) is 51.1 Å². The molecule has 1 N–H and O–H groups in total. The first-order valence-corrected chi connectivity index (χ1v) is 10.5. The van der Waals surface area contributed by atoms with Gasteiger partial charge in [-0.25, -0.2) is 0 Å². The highest BCUT2D eigenvalue weighted by molar-refractivity contribution is 6.30. The van der Waals surface area contributed by atoms with Crippen LogP contribution >= 0.6 is 11.6 Å². The lowest BCUT2D eigenvalue weighted by Gasteiger charge is -2.20. The zero-order valence-corrected chi connectivity index (χ0v) is 18.6. The second-order valence-corrected chi connectivity index (χ2v) is 7.72. The van der Waals surface area contributed by atoms with E-state index in [1.54, 1.807) is 6.92 Å². The van der Waals surface area contributed by atoms with Gasteiger partial charge >= 0.3 is 0 Å². The van der Waals surface area contributed by atoms with Crippen LogP contribution in [-0.2, 0) is 26.3 Å². The molecule has 152 valence electrons. The minimum absolute atomic E-state index is 0.177. The molecular weight excluding hydrogens is 372 g/mol. The molecule has 0 fully saturated rings. The second-order valence-electron chi connectivity index (χ2n) is 7.28. The van der Waals surface area contributed by atoms with Crippen molar-refractivity contribution in [3.05, 3.63) is 61.0 Å². The third-order valence-electron chi connectivity index (χ3n) is 5.57. The molecule has 0 saturated carbocycles. The van der Waals surface area contributed by atoms with Crippen LogP contribution in [0.3, 0.4) is 0 Å². The third kappa shape index (κ3) is 4.33. The van der Waals surface area contributed by atoms with Crippen LogP contribution in [0.15, 0.2) is 16.9 Å². The summed E-state index contributed by atoms with van der Waals surface area (Å²) in [7, 11) is 1.93. The maximum atomic E-state index is 13.3. The summed E-state index contributed by atoms with van der Waals surface area (Å²) in [6.07, 6.45) is 4.12. The van der Waals surface area contributed by atoms with Gasteiger partial charge in [-0.2, -0.15) is 0 Å². The number of amides is 1. The molecule has 28 heavy (non-hydrogen) atoms. The highest BCUT2D eigenvalue weighted by atomic mass is 35.5. The number of aromatic nitrogens is 1.